The van der Waals surface area contributed by atoms with E-state index in [-0.39, 0.29) is 47.3 Å². The van der Waals surface area contributed by atoms with E-state index in [1.807, 2.05) is 19.2 Å². The standard InChI is InChI=1S/C32H32FN7O7S/c1-38-24-15-20(3-5-22(24)30(36-38)23-6-7-26(42)35-32(23)45)39-10-8-17(9-11-39)12-27(43)34-19-2-4-21-18(13-19)14-25(41)31(29(21)33)40-16-28(44)37-48(40,46)47/h2-5,13-15,17,23,41H,6-12,16H2,1H3,(H,34,43)(H,37,44)(H,35,42,45)/t23-/m0/s1. The fraction of sp³-hybridized carbons (Fsp3) is 0.344. The Morgan fingerprint density at radius 2 is 1.79 bits per heavy atom. The number of nitrogens with one attached hydrogen (secondary N) is 3. The first-order valence-corrected chi connectivity index (χ1v) is 17.0. The molecule has 4 amide bonds. The number of aromatic hydroxyl groups is 1. The van der Waals surface area contributed by atoms with E-state index in [9.17, 15) is 32.7 Å². The van der Waals surface area contributed by atoms with Gasteiger partial charge in [-0.25, -0.2) is 13.4 Å². The minimum Gasteiger partial charge on any atom is -0.506 e. The summed E-state index contributed by atoms with van der Waals surface area (Å²) in [5.74, 6) is -3.63. The molecule has 48 heavy (non-hydrogen) atoms. The first-order valence-electron chi connectivity index (χ1n) is 15.5. The number of carbonyl (C=O) groups is 4. The van der Waals surface area contributed by atoms with Gasteiger partial charge in [0.05, 0.1) is 17.1 Å². The smallest absolute Gasteiger partial charge is 0.326 e. The van der Waals surface area contributed by atoms with E-state index in [0.717, 1.165) is 42.5 Å². The molecular weight excluding hydrogens is 645 g/mol. The van der Waals surface area contributed by atoms with E-state index in [2.05, 4.69) is 26.7 Å². The van der Waals surface area contributed by atoms with Crippen LogP contribution in [-0.2, 0) is 36.4 Å². The van der Waals surface area contributed by atoms with Crippen LogP contribution in [0.15, 0.2) is 42.5 Å². The van der Waals surface area contributed by atoms with E-state index in [4.69, 9.17) is 0 Å². The summed E-state index contributed by atoms with van der Waals surface area (Å²) in [5.41, 5.74) is 2.34. The molecule has 0 saturated carbocycles. The van der Waals surface area contributed by atoms with E-state index in [1.165, 1.54) is 24.3 Å². The summed E-state index contributed by atoms with van der Waals surface area (Å²) in [6, 6.07) is 11.6. The Kier molecular flexibility index (Phi) is 7.69. The topological polar surface area (TPSA) is 183 Å². The zero-order valence-corrected chi connectivity index (χ0v) is 26.6. The van der Waals surface area contributed by atoms with E-state index >= 15 is 4.39 Å². The number of aryl methyl sites for hydroxylation is 1. The molecular formula is C32H32FN7O7S. The maximum Gasteiger partial charge on any atom is 0.326 e. The van der Waals surface area contributed by atoms with Gasteiger partial charge in [-0.1, -0.05) is 0 Å². The number of benzene rings is 3. The number of aromatic nitrogens is 2. The van der Waals surface area contributed by atoms with Crippen molar-refractivity contribution in [1.82, 2.24) is 19.8 Å². The van der Waals surface area contributed by atoms with Gasteiger partial charge in [-0.05, 0) is 73.0 Å². The predicted molar refractivity (Wildman–Crippen MR) is 174 cm³/mol. The number of halogens is 1. The fourth-order valence-electron chi connectivity index (χ4n) is 6.85. The number of rotatable bonds is 6. The number of anilines is 3. The molecule has 1 aromatic heterocycles. The summed E-state index contributed by atoms with van der Waals surface area (Å²) in [5, 5.41) is 21.5. The van der Waals surface area contributed by atoms with Crippen LogP contribution in [0.25, 0.3) is 21.7 Å². The molecule has 4 aromatic rings. The van der Waals surface area contributed by atoms with Gasteiger partial charge in [-0.15, -0.1) is 0 Å². The van der Waals surface area contributed by atoms with E-state index in [1.54, 1.807) is 9.40 Å². The highest BCUT2D eigenvalue weighted by Gasteiger charge is 2.38. The van der Waals surface area contributed by atoms with Crippen molar-refractivity contribution in [2.45, 2.75) is 38.0 Å². The number of amides is 4. The third kappa shape index (κ3) is 5.65. The molecule has 0 aliphatic carbocycles. The summed E-state index contributed by atoms with van der Waals surface area (Å²) in [6.07, 6.45) is 2.57. The lowest BCUT2D eigenvalue weighted by atomic mass is 9.92. The Labute approximate surface area is 274 Å². The quantitative estimate of drug-likeness (QED) is 0.223. The number of phenols is 1. The Hall–Kier alpha value is -5.25. The lowest BCUT2D eigenvalue weighted by Gasteiger charge is -2.33. The van der Waals surface area contributed by atoms with Gasteiger partial charge in [-0.3, -0.25) is 29.2 Å². The molecule has 3 aromatic carbocycles. The first kappa shape index (κ1) is 31.4. The van der Waals surface area contributed by atoms with Gasteiger partial charge in [0, 0.05) is 55.1 Å². The van der Waals surface area contributed by atoms with Crippen molar-refractivity contribution in [2.75, 3.05) is 34.2 Å². The van der Waals surface area contributed by atoms with Crippen molar-refractivity contribution >= 4 is 72.6 Å². The largest absolute Gasteiger partial charge is 0.506 e. The molecule has 3 saturated heterocycles. The molecule has 250 valence electrons. The number of phenolic OH excluding ortho intramolecular Hbond substituents is 1. The minimum absolute atomic E-state index is 0.0132. The van der Waals surface area contributed by atoms with Gasteiger partial charge in [0.15, 0.2) is 5.82 Å². The van der Waals surface area contributed by atoms with E-state index in [0.29, 0.717) is 22.1 Å². The minimum atomic E-state index is -4.33. The van der Waals surface area contributed by atoms with Gasteiger partial charge >= 0.3 is 10.2 Å². The molecule has 0 bridgehead atoms. The Balaban J connectivity index is 0.982. The van der Waals surface area contributed by atoms with Crippen LogP contribution < -0.4 is 24.6 Å². The highest BCUT2D eigenvalue weighted by Crippen LogP contribution is 2.39. The van der Waals surface area contributed by atoms with Crippen LogP contribution in [0.3, 0.4) is 0 Å². The number of hydrogen-bond donors (Lipinski definition) is 4. The van der Waals surface area contributed by atoms with Crippen molar-refractivity contribution in [3.05, 3.63) is 54.0 Å². The number of piperidine rings is 2. The number of fused-ring (bicyclic) bond motifs is 2. The average molecular weight is 678 g/mol. The van der Waals surface area contributed by atoms with Crippen LogP contribution in [0.2, 0.25) is 0 Å². The molecule has 7 rings (SSSR count). The summed E-state index contributed by atoms with van der Waals surface area (Å²) in [6.45, 7) is 0.830. The highest BCUT2D eigenvalue weighted by molar-refractivity contribution is 7.92. The average Bonchev–Trinajstić information content (AvgIpc) is 3.50. The second kappa shape index (κ2) is 11.8. The monoisotopic (exact) mass is 677 g/mol. The molecule has 3 fully saturated rings. The predicted octanol–water partition coefficient (Wildman–Crippen LogP) is 2.52. The molecule has 14 nitrogen and oxygen atoms in total. The van der Waals surface area contributed by atoms with Crippen molar-refractivity contribution in [3.8, 4) is 5.75 Å². The SMILES string of the molecule is Cn1nc([C@@H]2CCC(=O)NC2=O)c2ccc(N3CCC(CC(=O)Nc4ccc5c(F)c(N6CC(=O)NS6(=O)=O)c(O)cc5c4)CC3)cc21. The maximum atomic E-state index is 15.4. The summed E-state index contributed by atoms with van der Waals surface area (Å²) >= 11 is 0. The van der Waals surface area contributed by atoms with Crippen LogP contribution >= 0.6 is 0 Å². The second-order valence-corrected chi connectivity index (χ2v) is 14.0. The van der Waals surface area contributed by atoms with Gasteiger partial charge in [0.25, 0.3) is 5.91 Å². The summed E-state index contributed by atoms with van der Waals surface area (Å²) in [7, 11) is -2.49. The highest BCUT2D eigenvalue weighted by atomic mass is 32.2. The Morgan fingerprint density at radius 1 is 1.04 bits per heavy atom. The number of imide groups is 1. The fourth-order valence-corrected chi connectivity index (χ4v) is 8.01. The lowest BCUT2D eigenvalue weighted by Crippen LogP contribution is -2.39. The number of hydrogen-bond acceptors (Lipinski definition) is 9. The summed E-state index contributed by atoms with van der Waals surface area (Å²) < 4.78 is 43.8. The zero-order chi connectivity index (χ0) is 33.9. The van der Waals surface area contributed by atoms with Crippen LogP contribution in [0, 0.1) is 11.7 Å². The van der Waals surface area contributed by atoms with Crippen LogP contribution in [0.5, 0.6) is 5.75 Å². The molecule has 16 heteroatoms. The Bertz CT molecular complexity index is 2140. The van der Waals surface area contributed by atoms with Crippen LogP contribution in [-0.4, -0.2) is 66.6 Å². The first-order chi connectivity index (χ1) is 22.9. The zero-order valence-electron chi connectivity index (χ0n) is 25.8. The number of nitrogens with zero attached hydrogens (tertiary/aromatic N) is 4. The van der Waals surface area contributed by atoms with Crippen molar-refractivity contribution in [3.63, 3.8) is 0 Å². The summed E-state index contributed by atoms with van der Waals surface area (Å²) in [4.78, 5) is 50.9. The Morgan fingerprint density at radius 3 is 2.50 bits per heavy atom. The molecule has 1 atom stereocenters. The van der Waals surface area contributed by atoms with E-state index < -0.39 is 45.8 Å². The molecule has 0 unspecified atom stereocenters. The lowest BCUT2D eigenvalue weighted by molar-refractivity contribution is -0.134. The van der Waals surface area contributed by atoms with Gasteiger partial charge in [0.2, 0.25) is 17.7 Å². The van der Waals surface area contributed by atoms with Crippen LogP contribution in [0.4, 0.5) is 21.5 Å². The van der Waals surface area contributed by atoms with Crippen LogP contribution in [0.1, 0.15) is 43.7 Å². The van der Waals surface area contributed by atoms with Crippen molar-refractivity contribution in [2.24, 2.45) is 13.0 Å². The van der Waals surface area contributed by atoms with Gasteiger partial charge < -0.3 is 15.3 Å². The third-order valence-corrected chi connectivity index (χ3v) is 10.6. The van der Waals surface area contributed by atoms with Gasteiger partial charge in [-0.2, -0.15) is 13.5 Å². The molecule has 4 heterocycles. The maximum absolute atomic E-state index is 15.4. The third-order valence-electron chi connectivity index (χ3n) is 9.27. The normalized spacial score (nSPS) is 20.0. The molecule has 3 aliphatic heterocycles. The molecule has 4 N–H and O–H groups in total. The molecule has 0 radical (unpaired) electrons. The van der Waals surface area contributed by atoms with Crippen molar-refractivity contribution < 1.29 is 37.1 Å². The molecule has 0 spiro atoms. The number of carbonyl (C=O) groups excluding carboxylic acids is 4. The van der Waals surface area contributed by atoms with Gasteiger partial charge in [0.1, 0.15) is 18.0 Å². The van der Waals surface area contributed by atoms with Crippen molar-refractivity contribution in [1.29, 1.82) is 0 Å². The molecule has 3 aliphatic rings. The second-order valence-electron chi connectivity index (χ2n) is 12.4.